The molecule has 1 saturated carbocycles. The third-order valence-corrected chi connectivity index (χ3v) is 5.78. The number of fused-ring (bicyclic) bond motifs is 2. The van der Waals surface area contributed by atoms with Gasteiger partial charge in [-0.3, -0.25) is 4.90 Å². The first-order chi connectivity index (χ1) is 8.94. The van der Waals surface area contributed by atoms with Gasteiger partial charge in [0.2, 0.25) is 0 Å². The standard InChI is InChI=1S/C16H29NO2/c1-16(2)6-5-15(19)11(9-16)10-17-12-3-4-13(17)8-14(18)7-12/h11-15,18-19H,3-10H2,1-2H3. The van der Waals surface area contributed by atoms with Gasteiger partial charge in [0.05, 0.1) is 12.2 Å². The van der Waals surface area contributed by atoms with E-state index in [1.165, 1.54) is 12.8 Å². The van der Waals surface area contributed by atoms with E-state index in [1.54, 1.807) is 0 Å². The Morgan fingerprint density at radius 1 is 1.05 bits per heavy atom. The fraction of sp³-hybridized carbons (Fsp3) is 1.00. The van der Waals surface area contributed by atoms with Crippen molar-refractivity contribution < 1.29 is 10.2 Å². The van der Waals surface area contributed by atoms with Crippen molar-refractivity contribution in [3.8, 4) is 0 Å². The Kier molecular flexibility index (Phi) is 3.65. The van der Waals surface area contributed by atoms with E-state index in [1.807, 2.05) is 0 Å². The van der Waals surface area contributed by atoms with E-state index >= 15 is 0 Å². The highest BCUT2D eigenvalue weighted by atomic mass is 16.3. The van der Waals surface area contributed by atoms with Crippen LogP contribution in [0, 0.1) is 11.3 Å². The van der Waals surface area contributed by atoms with Crippen molar-refractivity contribution in [3.63, 3.8) is 0 Å². The van der Waals surface area contributed by atoms with Crippen LogP contribution in [0.1, 0.15) is 58.8 Å². The highest BCUT2D eigenvalue weighted by Gasteiger charge is 2.43. The fourth-order valence-electron chi connectivity index (χ4n) is 4.72. The van der Waals surface area contributed by atoms with Crippen LogP contribution < -0.4 is 0 Å². The molecule has 1 aliphatic carbocycles. The second-order valence-corrected chi connectivity index (χ2v) is 7.94. The molecule has 2 heterocycles. The van der Waals surface area contributed by atoms with Crippen LogP contribution in [0.5, 0.6) is 0 Å². The maximum absolute atomic E-state index is 10.3. The van der Waals surface area contributed by atoms with Crippen molar-refractivity contribution in [1.82, 2.24) is 4.90 Å². The first kappa shape index (κ1) is 13.8. The van der Waals surface area contributed by atoms with E-state index in [2.05, 4.69) is 18.7 Å². The monoisotopic (exact) mass is 267 g/mol. The maximum Gasteiger partial charge on any atom is 0.0581 e. The average Bonchev–Trinajstić information content (AvgIpc) is 2.57. The van der Waals surface area contributed by atoms with Gasteiger partial charge in [-0.1, -0.05) is 13.8 Å². The lowest BCUT2D eigenvalue weighted by molar-refractivity contribution is -0.0261. The molecule has 0 aromatic rings. The zero-order chi connectivity index (χ0) is 13.6. The first-order valence-electron chi connectivity index (χ1n) is 8.06. The molecule has 19 heavy (non-hydrogen) atoms. The Hall–Kier alpha value is -0.120. The second kappa shape index (κ2) is 5.01. The maximum atomic E-state index is 10.3. The molecule has 3 nitrogen and oxygen atoms in total. The van der Waals surface area contributed by atoms with Crippen LogP contribution in [0.15, 0.2) is 0 Å². The predicted molar refractivity (Wildman–Crippen MR) is 75.9 cm³/mol. The third-order valence-electron chi connectivity index (χ3n) is 5.78. The molecule has 4 unspecified atom stereocenters. The highest BCUT2D eigenvalue weighted by Crippen LogP contribution is 2.42. The number of aliphatic hydroxyl groups excluding tert-OH is 2. The molecule has 0 spiro atoms. The summed E-state index contributed by atoms with van der Waals surface area (Å²) in [5, 5.41) is 20.2. The fourth-order valence-corrected chi connectivity index (χ4v) is 4.72. The second-order valence-electron chi connectivity index (χ2n) is 7.94. The topological polar surface area (TPSA) is 43.7 Å². The Labute approximate surface area is 117 Å². The lowest BCUT2D eigenvalue weighted by atomic mass is 9.70. The van der Waals surface area contributed by atoms with Crippen molar-refractivity contribution in [2.24, 2.45) is 11.3 Å². The van der Waals surface area contributed by atoms with Gasteiger partial charge in [-0.15, -0.1) is 0 Å². The third kappa shape index (κ3) is 2.84. The minimum absolute atomic E-state index is 0.0820. The molecule has 3 fully saturated rings. The van der Waals surface area contributed by atoms with Gasteiger partial charge in [0, 0.05) is 18.6 Å². The molecule has 2 saturated heterocycles. The molecule has 0 amide bonds. The quantitative estimate of drug-likeness (QED) is 0.806. The van der Waals surface area contributed by atoms with Gasteiger partial charge in [-0.25, -0.2) is 0 Å². The molecule has 0 aromatic carbocycles. The van der Waals surface area contributed by atoms with E-state index in [0.29, 0.717) is 23.4 Å². The Morgan fingerprint density at radius 3 is 2.32 bits per heavy atom. The minimum Gasteiger partial charge on any atom is -0.393 e. The summed E-state index contributed by atoms with van der Waals surface area (Å²) in [6.07, 6.45) is 7.44. The lowest BCUT2D eigenvalue weighted by Crippen LogP contribution is -2.49. The number of aliphatic hydroxyl groups is 2. The molecular weight excluding hydrogens is 238 g/mol. The molecule has 2 aliphatic heterocycles. The molecular formula is C16H29NO2. The zero-order valence-electron chi connectivity index (χ0n) is 12.4. The van der Waals surface area contributed by atoms with E-state index in [9.17, 15) is 10.2 Å². The number of hydrogen-bond acceptors (Lipinski definition) is 3. The number of nitrogens with zero attached hydrogens (tertiary/aromatic N) is 1. The molecule has 110 valence electrons. The van der Waals surface area contributed by atoms with Crippen LogP contribution in [0.4, 0.5) is 0 Å². The van der Waals surface area contributed by atoms with Crippen LogP contribution in [0.2, 0.25) is 0 Å². The van der Waals surface area contributed by atoms with Crippen molar-refractivity contribution in [2.45, 2.75) is 83.1 Å². The van der Waals surface area contributed by atoms with E-state index in [0.717, 1.165) is 38.6 Å². The summed E-state index contributed by atoms with van der Waals surface area (Å²) in [5.74, 6) is 0.432. The molecule has 3 heteroatoms. The summed E-state index contributed by atoms with van der Waals surface area (Å²) < 4.78 is 0. The minimum atomic E-state index is -0.112. The van der Waals surface area contributed by atoms with E-state index in [-0.39, 0.29) is 12.2 Å². The Morgan fingerprint density at radius 2 is 1.68 bits per heavy atom. The Bertz CT molecular complexity index is 317. The number of hydrogen-bond donors (Lipinski definition) is 2. The van der Waals surface area contributed by atoms with Gasteiger partial charge in [0.15, 0.2) is 0 Å². The number of rotatable bonds is 2. The van der Waals surface area contributed by atoms with Crippen LogP contribution in [0.25, 0.3) is 0 Å². The lowest BCUT2D eigenvalue weighted by Gasteiger charge is -2.44. The zero-order valence-corrected chi connectivity index (χ0v) is 12.4. The van der Waals surface area contributed by atoms with Crippen LogP contribution >= 0.6 is 0 Å². The van der Waals surface area contributed by atoms with Gasteiger partial charge < -0.3 is 10.2 Å². The van der Waals surface area contributed by atoms with Gasteiger partial charge >= 0.3 is 0 Å². The first-order valence-corrected chi connectivity index (χ1v) is 8.06. The molecule has 0 radical (unpaired) electrons. The predicted octanol–water partition coefficient (Wildman–Crippen LogP) is 2.16. The van der Waals surface area contributed by atoms with E-state index in [4.69, 9.17) is 0 Å². The summed E-state index contributed by atoms with van der Waals surface area (Å²) >= 11 is 0. The molecule has 4 atom stereocenters. The van der Waals surface area contributed by atoms with Crippen LogP contribution in [-0.2, 0) is 0 Å². The highest BCUT2D eigenvalue weighted by molar-refractivity contribution is 4.97. The van der Waals surface area contributed by atoms with Crippen LogP contribution in [-0.4, -0.2) is 45.9 Å². The summed E-state index contributed by atoms with van der Waals surface area (Å²) in [7, 11) is 0. The SMILES string of the molecule is CC1(C)CCC(O)C(CN2C3CCC2CC(O)C3)C1. The Balaban J connectivity index is 1.65. The summed E-state index contributed by atoms with van der Waals surface area (Å²) in [5.41, 5.74) is 0.387. The molecule has 3 aliphatic rings. The van der Waals surface area contributed by atoms with Gasteiger partial charge in [-0.05, 0) is 56.3 Å². The smallest absolute Gasteiger partial charge is 0.0581 e. The molecule has 0 aromatic heterocycles. The van der Waals surface area contributed by atoms with Crippen molar-refractivity contribution in [3.05, 3.63) is 0 Å². The summed E-state index contributed by atoms with van der Waals surface area (Å²) in [6.45, 7) is 5.72. The van der Waals surface area contributed by atoms with Crippen molar-refractivity contribution >= 4 is 0 Å². The van der Waals surface area contributed by atoms with Crippen LogP contribution in [0.3, 0.4) is 0 Å². The van der Waals surface area contributed by atoms with Crippen molar-refractivity contribution in [1.29, 1.82) is 0 Å². The summed E-state index contributed by atoms with van der Waals surface area (Å²) in [4.78, 5) is 2.61. The van der Waals surface area contributed by atoms with E-state index < -0.39 is 0 Å². The summed E-state index contributed by atoms with van der Waals surface area (Å²) in [6, 6.07) is 1.15. The molecule has 2 bridgehead atoms. The van der Waals surface area contributed by atoms with Gasteiger partial charge in [0.25, 0.3) is 0 Å². The normalized spacial score (nSPS) is 46.4. The number of piperidine rings is 1. The molecule has 2 N–H and O–H groups in total. The largest absolute Gasteiger partial charge is 0.393 e. The van der Waals surface area contributed by atoms with Gasteiger partial charge in [0.1, 0.15) is 0 Å². The molecule has 3 rings (SSSR count). The van der Waals surface area contributed by atoms with Gasteiger partial charge in [-0.2, -0.15) is 0 Å². The van der Waals surface area contributed by atoms with Crippen molar-refractivity contribution in [2.75, 3.05) is 6.54 Å². The average molecular weight is 267 g/mol.